The van der Waals surface area contributed by atoms with E-state index in [9.17, 15) is 9.59 Å². The van der Waals surface area contributed by atoms with Crippen LogP contribution >= 0.6 is 0 Å². The summed E-state index contributed by atoms with van der Waals surface area (Å²) in [5.41, 5.74) is 9.45. The van der Waals surface area contributed by atoms with Crippen LogP contribution in [0.3, 0.4) is 0 Å². The van der Waals surface area contributed by atoms with Crippen LogP contribution in [0.5, 0.6) is 0 Å². The van der Waals surface area contributed by atoms with Crippen molar-refractivity contribution in [2.45, 2.75) is 32.2 Å². The van der Waals surface area contributed by atoms with Crippen molar-refractivity contribution in [1.29, 1.82) is 0 Å². The van der Waals surface area contributed by atoms with E-state index in [0.717, 1.165) is 30.8 Å². The zero-order chi connectivity index (χ0) is 23.8. The summed E-state index contributed by atoms with van der Waals surface area (Å²) in [6.45, 7) is 4.43. The maximum absolute atomic E-state index is 12.5. The first-order valence-electron chi connectivity index (χ1n) is 11.8. The van der Waals surface area contributed by atoms with Gasteiger partial charge in [0, 0.05) is 24.8 Å². The van der Waals surface area contributed by atoms with Crippen molar-refractivity contribution >= 4 is 23.2 Å². The Labute approximate surface area is 200 Å². The number of hydrogen-bond acceptors (Lipinski definition) is 5. The number of piperidine rings is 1. The summed E-state index contributed by atoms with van der Waals surface area (Å²) in [4.78, 5) is 27.2. The van der Waals surface area contributed by atoms with Crippen LogP contribution < -0.4 is 16.4 Å². The number of rotatable bonds is 9. The highest BCUT2D eigenvalue weighted by Gasteiger charge is 2.11. The monoisotopic (exact) mass is 460 g/mol. The van der Waals surface area contributed by atoms with Gasteiger partial charge in [-0.3, -0.25) is 14.3 Å². The van der Waals surface area contributed by atoms with Crippen LogP contribution in [0.2, 0.25) is 0 Å². The van der Waals surface area contributed by atoms with E-state index in [1.807, 2.05) is 30.5 Å². The smallest absolute Gasteiger partial charge is 0.255 e. The second kappa shape index (κ2) is 11.5. The number of likely N-dealkylation sites (tertiary alicyclic amines) is 1. The van der Waals surface area contributed by atoms with Crippen LogP contribution in [0, 0.1) is 0 Å². The van der Waals surface area contributed by atoms with Crippen molar-refractivity contribution in [3.8, 4) is 0 Å². The molecule has 0 atom stereocenters. The Morgan fingerprint density at radius 1 is 0.971 bits per heavy atom. The van der Waals surface area contributed by atoms with E-state index in [1.165, 1.54) is 19.3 Å². The van der Waals surface area contributed by atoms with E-state index in [-0.39, 0.29) is 11.8 Å². The van der Waals surface area contributed by atoms with E-state index >= 15 is 0 Å². The number of anilines is 2. The molecule has 1 saturated heterocycles. The Morgan fingerprint density at radius 3 is 2.50 bits per heavy atom. The Morgan fingerprint density at radius 2 is 1.74 bits per heavy atom. The lowest BCUT2D eigenvalue weighted by Crippen LogP contribution is -2.38. The zero-order valence-corrected chi connectivity index (χ0v) is 19.4. The lowest BCUT2D eigenvalue weighted by molar-refractivity contribution is -0.120. The van der Waals surface area contributed by atoms with Gasteiger partial charge in [0.15, 0.2) is 0 Å². The number of nitrogen functional groups attached to an aromatic ring is 1. The van der Waals surface area contributed by atoms with Gasteiger partial charge in [0.1, 0.15) is 0 Å². The van der Waals surface area contributed by atoms with Crippen molar-refractivity contribution in [3.63, 3.8) is 0 Å². The van der Waals surface area contributed by atoms with Gasteiger partial charge in [-0.25, -0.2) is 0 Å². The average molecular weight is 461 g/mol. The summed E-state index contributed by atoms with van der Waals surface area (Å²) >= 11 is 0. The molecule has 4 N–H and O–H groups in total. The number of aromatic nitrogens is 2. The summed E-state index contributed by atoms with van der Waals surface area (Å²) in [6.07, 6.45) is 7.77. The molecule has 0 spiro atoms. The van der Waals surface area contributed by atoms with E-state index in [1.54, 1.807) is 35.1 Å². The number of nitrogens with two attached hydrogens (primary N) is 1. The number of nitrogens with one attached hydrogen (secondary N) is 2. The van der Waals surface area contributed by atoms with E-state index in [2.05, 4.69) is 20.6 Å². The molecule has 0 aliphatic carbocycles. The number of para-hydroxylation sites is 2. The van der Waals surface area contributed by atoms with E-state index in [4.69, 9.17) is 5.73 Å². The quantitative estimate of drug-likeness (QED) is 0.426. The van der Waals surface area contributed by atoms with Gasteiger partial charge in [-0.05, 0) is 61.3 Å². The number of benzene rings is 2. The van der Waals surface area contributed by atoms with Crippen molar-refractivity contribution < 1.29 is 9.59 Å². The van der Waals surface area contributed by atoms with E-state index < -0.39 is 0 Å². The van der Waals surface area contributed by atoms with Gasteiger partial charge >= 0.3 is 0 Å². The Kier molecular flexibility index (Phi) is 7.93. The molecule has 0 bridgehead atoms. The van der Waals surface area contributed by atoms with Gasteiger partial charge < -0.3 is 21.3 Å². The Hall–Kier alpha value is -3.65. The standard InChI is InChI=1S/C26H32N6O2/c27-23-6-2-3-7-24(23)30-26(34)22-10-8-20(9-11-22)18-32-19-21(17-29-32)16-25(33)28-12-15-31-13-4-1-5-14-31/h2-3,6-11,17,19H,1,4-5,12-16,18,27H2,(H,28,33)(H,30,34). The molecule has 0 radical (unpaired) electrons. The number of carbonyl (C=O) groups is 2. The summed E-state index contributed by atoms with van der Waals surface area (Å²) in [5.74, 6) is -0.192. The first-order valence-corrected chi connectivity index (χ1v) is 11.8. The molecular weight excluding hydrogens is 428 g/mol. The van der Waals surface area contributed by atoms with E-state index in [0.29, 0.717) is 36.4 Å². The van der Waals surface area contributed by atoms with Crippen LogP contribution in [0.4, 0.5) is 11.4 Å². The highest BCUT2D eigenvalue weighted by Crippen LogP contribution is 2.18. The van der Waals surface area contributed by atoms with Crippen LogP contribution in [-0.4, -0.2) is 52.7 Å². The second-order valence-electron chi connectivity index (χ2n) is 8.71. The fourth-order valence-electron chi connectivity index (χ4n) is 4.12. The molecule has 2 aromatic carbocycles. The average Bonchev–Trinajstić information content (AvgIpc) is 3.28. The fourth-order valence-corrected chi connectivity index (χ4v) is 4.12. The fraction of sp³-hybridized carbons (Fsp3) is 0.346. The maximum atomic E-state index is 12.5. The molecule has 2 amide bonds. The first-order chi connectivity index (χ1) is 16.6. The van der Waals surface area contributed by atoms with Gasteiger partial charge in [-0.15, -0.1) is 0 Å². The van der Waals surface area contributed by atoms with Crippen molar-refractivity contribution in [2.24, 2.45) is 0 Å². The number of carbonyl (C=O) groups excluding carboxylic acids is 2. The lowest BCUT2D eigenvalue weighted by atomic mass is 10.1. The van der Waals surface area contributed by atoms with Gasteiger partial charge in [0.25, 0.3) is 5.91 Å². The normalized spacial score (nSPS) is 14.0. The van der Waals surface area contributed by atoms with Crippen molar-refractivity contribution in [2.75, 3.05) is 37.2 Å². The topological polar surface area (TPSA) is 105 Å². The third-order valence-electron chi connectivity index (χ3n) is 6.02. The first kappa shape index (κ1) is 23.5. The van der Waals surface area contributed by atoms with Gasteiger partial charge in [-0.1, -0.05) is 30.7 Å². The molecule has 178 valence electrons. The molecule has 0 saturated carbocycles. The molecule has 1 fully saturated rings. The second-order valence-corrected chi connectivity index (χ2v) is 8.71. The largest absolute Gasteiger partial charge is 0.397 e. The highest BCUT2D eigenvalue weighted by atomic mass is 16.2. The van der Waals surface area contributed by atoms with Crippen LogP contribution in [0.25, 0.3) is 0 Å². The van der Waals surface area contributed by atoms with Crippen LogP contribution in [-0.2, 0) is 17.8 Å². The molecule has 2 heterocycles. The molecule has 8 nitrogen and oxygen atoms in total. The minimum Gasteiger partial charge on any atom is -0.397 e. The third-order valence-corrected chi connectivity index (χ3v) is 6.02. The predicted octanol–water partition coefficient (Wildman–Crippen LogP) is 2.91. The Bertz CT molecular complexity index is 1100. The minimum atomic E-state index is -0.211. The molecule has 1 aliphatic heterocycles. The number of nitrogens with zero attached hydrogens (tertiary/aromatic N) is 3. The lowest BCUT2D eigenvalue weighted by Gasteiger charge is -2.26. The van der Waals surface area contributed by atoms with Gasteiger partial charge in [-0.2, -0.15) is 5.10 Å². The minimum absolute atomic E-state index is 0.0194. The van der Waals surface area contributed by atoms with Crippen LogP contribution in [0.15, 0.2) is 60.9 Å². The maximum Gasteiger partial charge on any atom is 0.255 e. The molecular formula is C26H32N6O2. The third kappa shape index (κ3) is 6.68. The highest BCUT2D eigenvalue weighted by molar-refractivity contribution is 6.05. The van der Waals surface area contributed by atoms with Crippen molar-refractivity contribution in [1.82, 2.24) is 20.0 Å². The molecule has 34 heavy (non-hydrogen) atoms. The van der Waals surface area contributed by atoms with Crippen LogP contribution in [0.1, 0.15) is 40.7 Å². The Balaban J connectivity index is 1.23. The molecule has 0 unspecified atom stereocenters. The van der Waals surface area contributed by atoms with Crippen molar-refractivity contribution in [3.05, 3.63) is 77.6 Å². The number of amides is 2. The SMILES string of the molecule is Nc1ccccc1NC(=O)c1ccc(Cn2cc(CC(=O)NCCN3CCCCC3)cn2)cc1. The van der Waals surface area contributed by atoms with Gasteiger partial charge in [0.2, 0.25) is 5.91 Å². The summed E-state index contributed by atoms with van der Waals surface area (Å²) in [5, 5.41) is 10.2. The summed E-state index contributed by atoms with van der Waals surface area (Å²) in [6, 6.07) is 14.5. The zero-order valence-electron chi connectivity index (χ0n) is 19.4. The molecule has 8 heteroatoms. The molecule has 1 aromatic heterocycles. The summed E-state index contributed by atoms with van der Waals surface area (Å²) in [7, 11) is 0. The summed E-state index contributed by atoms with van der Waals surface area (Å²) < 4.78 is 1.80. The number of hydrogen-bond donors (Lipinski definition) is 3. The molecule has 4 rings (SSSR count). The molecule has 3 aromatic rings. The van der Waals surface area contributed by atoms with Gasteiger partial charge in [0.05, 0.1) is 30.5 Å². The predicted molar refractivity (Wildman–Crippen MR) is 134 cm³/mol. The molecule has 1 aliphatic rings.